The molecule has 2 nitrogen and oxygen atoms in total. The molecule has 122 valence electrons. The van der Waals surface area contributed by atoms with Gasteiger partial charge in [-0.05, 0) is 42.6 Å². The van der Waals surface area contributed by atoms with Gasteiger partial charge in [0.25, 0.3) is 0 Å². The largest absolute Gasteiger partial charge is 0.427 e. The highest BCUT2D eigenvalue weighted by Gasteiger charge is 2.19. The normalized spacial score (nSPS) is 14.1. The van der Waals surface area contributed by atoms with Gasteiger partial charge in [0.1, 0.15) is 0 Å². The molecule has 0 aliphatic carbocycles. The SMILES string of the molecule is CO[SiH2]C(C)(C)CCSSSSCCC(C)(C)[SiH2]OC. The molecule has 0 radical (unpaired) electrons. The molecule has 0 fully saturated rings. The first-order chi connectivity index (χ1) is 9.33. The Hall–Kier alpha value is 1.75. The Morgan fingerprint density at radius 2 is 1.10 bits per heavy atom. The van der Waals surface area contributed by atoms with Crippen LogP contribution in [-0.2, 0) is 8.85 Å². The molecule has 0 aliphatic rings. The van der Waals surface area contributed by atoms with E-state index < -0.39 is 0 Å². The second-order valence-corrected chi connectivity index (χ2v) is 18.3. The molecule has 0 saturated carbocycles. The molecular weight excluding hydrogens is 361 g/mol. The Morgan fingerprint density at radius 3 is 1.40 bits per heavy atom. The summed E-state index contributed by atoms with van der Waals surface area (Å²) in [6.45, 7) is 9.32. The van der Waals surface area contributed by atoms with Crippen molar-refractivity contribution in [3.8, 4) is 0 Å². The third kappa shape index (κ3) is 13.4. The predicted octanol–water partition coefficient (Wildman–Crippen LogP) is 4.30. The monoisotopic (exact) mass is 390 g/mol. The Morgan fingerprint density at radius 1 is 0.750 bits per heavy atom. The van der Waals surface area contributed by atoms with Gasteiger partial charge in [-0.2, -0.15) is 0 Å². The molecule has 8 heteroatoms. The van der Waals surface area contributed by atoms with Crippen LogP contribution in [0.5, 0.6) is 0 Å². The third-order valence-electron chi connectivity index (χ3n) is 2.92. The van der Waals surface area contributed by atoms with Gasteiger partial charge in [0.15, 0.2) is 19.5 Å². The van der Waals surface area contributed by atoms with Gasteiger partial charge in [0, 0.05) is 25.7 Å². The van der Waals surface area contributed by atoms with Crippen LogP contribution in [0, 0.1) is 0 Å². The maximum absolute atomic E-state index is 5.38. The van der Waals surface area contributed by atoms with Gasteiger partial charge < -0.3 is 8.85 Å². The molecule has 0 atom stereocenters. The minimum Gasteiger partial charge on any atom is -0.427 e. The van der Waals surface area contributed by atoms with Crippen LogP contribution in [-0.4, -0.2) is 45.3 Å². The van der Waals surface area contributed by atoms with Crippen molar-refractivity contribution in [2.45, 2.75) is 50.6 Å². The van der Waals surface area contributed by atoms with Crippen molar-refractivity contribution < 1.29 is 8.85 Å². The number of hydrogen-bond acceptors (Lipinski definition) is 6. The van der Waals surface area contributed by atoms with E-state index in [2.05, 4.69) is 27.7 Å². The van der Waals surface area contributed by atoms with Gasteiger partial charge in [-0.3, -0.25) is 0 Å². The first-order valence-corrected chi connectivity index (χ1v) is 14.6. The zero-order valence-electron chi connectivity index (χ0n) is 13.7. The van der Waals surface area contributed by atoms with Gasteiger partial charge in [0.2, 0.25) is 0 Å². The van der Waals surface area contributed by atoms with E-state index in [9.17, 15) is 0 Å². The van der Waals surface area contributed by atoms with E-state index in [4.69, 9.17) is 8.85 Å². The fourth-order valence-corrected chi connectivity index (χ4v) is 11.1. The quantitative estimate of drug-likeness (QED) is 0.263. The van der Waals surface area contributed by atoms with Crippen LogP contribution in [0.2, 0.25) is 10.1 Å². The predicted molar refractivity (Wildman–Crippen MR) is 109 cm³/mol. The lowest BCUT2D eigenvalue weighted by molar-refractivity contribution is 0.407. The second kappa shape index (κ2) is 12.2. The third-order valence-corrected chi connectivity index (χ3v) is 12.2. The van der Waals surface area contributed by atoms with Gasteiger partial charge in [-0.15, -0.1) is 0 Å². The van der Waals surface area contributed by atoms with Crippen LogP contribution in [0.15, 0.2) is 0 Å². The molecule has 0 rings (SSSR count). The average Bonchev–Trinajstić information content (AvgIpc) is 2.32. The minimum absolute atomic E-state index is 0.362. The van der Waals surface area contributed by atoms with Crippen LogP contribution in [0.25, 0.3) is 0 Å². The molecule has 0 aliphatic heterocycles. The summed E-state index contributed by atoms with van der Waals surface area (Å²) in [6.07, 6.45) is 2.53. The Balaban J connectivity index is 3.41. The topological polar surface area (TPSA) is 18.5 Å². The maximum atomic E-state index is 5.38. The molecule has 20 heavy (non-hydrogen) atoms. The Labute approximate surface area is 145 Å². The summed E-state index contributed by atoms with van der Waals surface area (Å²) in [7, 11) is 10.8. The van der Waals surface area contributed by atoms with Gasteiger partial charge in [-0.25, -0.2) is 0 Å². The van der Waals surface area contributed by atoms with Crippen LogP contribution in [0.4, 0.5) is 0 Å². The van der Waals surface area contributed by atoms with Crippen molar-refractivity contribution in [3.63, 3.8) is 0 Å². The number of rotatable bonds is 13. The van der Waals surface area contributed by atoms with Crippen molar-refractivity contribution >= 4 is 60.8 Å². The smallest absolute Gasteiger partial charge is 0.166 e. The molecule has 0 aromatic heterocycles. The summed E-state index contributed by atoms with van der Waals surface area (Å²) >= 11 is 0. The zero-order valence-corrected chi connectivity index (χ0v) is 19.8. The Kier molecular flexibility index (Phi) is 13.3. The average molecular weight is 391 g/mol. The van der Waals surface area contributed by atoms with E-state index in [0.29, 0.717) is 10.1 Å². The maximum Gasteiger partial charge on any atom is 0.166 e. The summed E-state index contributed by atoms with van der Waals surface area (Å²) < 4.78 is 10.8. The lowest BCUT2D eigenvalue weighted by atomic mass is 10.1. The van der Waals surface area contributed by atoms with Crippen LogP contribution in [0.1, 0.15) is 40.5 Å². The number of hydrogen-bond donors (Lipinski definition) is 0. The molecule has 0 N–H and O–H groups in total. The van der Waals surface area contributed by atoms with Crippen molar-refractivity contribution in [2.75, 3.05) is 25.7 Å². The summed E-state index contributed by atoms with van der Waals surface area (Å²) in [4.78, 5) is 0. The molecule has 0 aromatic rings. The lowest BCUT2D eigenvalue weighted by Gasteiger charge is -2.22. The van der Waals surface area contributed by atoms with Gasteiger partial charge >= 0.3 is 0 Å². The molecule has 0 bridgehead atoms. The molecule has 0 saturated heterocycles. The fourth-order valence-electron chi connectivity index (χ4n) is 1.67. The highest BCUT2D eigenvalue weighted by Crippen LogP contribution is 2.45. The Bertz CT molecular complexity index is 219. The zero-order chi connectivity index (χ0) is 15.5. The van der Waals surface area contributed by atoms with Crippen molar-refractivity contribution in [1.29, 1.82) is 0 Å². The lowest BCUT2D eigenvalue weighted by Crippen LogP contribution is -2.15. The highest BCUT2D eigenvalue weighted by atomic mass is 33.7. The van der Waals surface area contributed by atoms with Crippen LogP contribution in [0.3, 0.4) is 0 Å². The summed E-state index contributed by atoms with van der Waals surface area (Å²) in [5, 5.41) is 0.879. The minimum atomic E-state index is -0.362. The van der Waals surface area contributed by atoms with Gasteiger partial charge in [0.05, 0.1) is 0 Å². The van der Waals surface area contributed by atoms with Gasteiger partial charge in [-0.1, -0.05) is 49.3 Å². The fraction of sp³-hybridized carbons (Fsp3) is 1.00. The molecule has 0 heterocycles. The van der Waals surface area contributed by atoms with E-state index in [-0.39, 0.29) is 19.5 Å². The first-order valence-electron chi connectivity index (χ1n) is 6.89. The second-order valence-electron chi connectivity index (χ2n) is 6.47. The summed E-state index contributed by atoms with van der Waals surface area (Å²) in [6, 6.07) is 0. The molecular formula is C12H30O2S4Si2. The summed E-state index contributed by atoms with van der Waals surface area (Å²) in [5.74, 6) is 2.45. The summed E-state index contributed by atoms with van der Waals surface area (Å²) in [5.41, 5.74) is 0. The van der Waals surface area contributed by atoms with Crippen molar-refractivity contribution in [1.82, 2.24) is 0 Å². The van der Waals surface area contributed by atoms with E-state index >= 15 is 0 Å². The molecule has 0 spiro atoms. The first kappa shape index (κ1) is 21.8. The molecule has 0 unspecified atom stereocenters. The molecule has 0 aromatic carbocycles. The van der Waals surface area contributed by atoms with E-state index in [1.54, 1.807) is 0 Å². The highest BCUT2D eigenvalue weighted by molar-refractivity contribution is 9.26. The molecule has 0 amide bonds. The van der Waals surface area contributed by atoms with E-state index in [1.807, 2.05) is 55.5 Å². The van der Waals surface area contributed by atoms with Crippen LogP contribution >= 0.6 is 41.2 Å². The van der Waals surface area contributed by atoms with E-state index in [1.165, 1.54) is 24.3 Å². The van der Waals surface area contributed by atoms with Crippen molar-refractivity contribution in [2.24, 2.45) is 0 Å². The van der Waals surface area contributed by atoms with Crippen molar-refractivity contribution in [3.05, 3.63) is 0 Å². The standard InChI is InChI=1S/C12H30O2S4Si2/c1-11(2,19-13-5)7-9-15-17-18-16-10-8-12(3,4)20-14-6/h7-10,19-20H2,1-6H3. The van der Waals surface area contributed by atoms with Crippen LogP contribution < -0.4 is 0 Å². The van der Waals surface area contributed by atoms with E-state index in [0.717, 1.165) is 0 Å².